The first-order valence-electron chi connectivity index (χ1n) is 11.9. The number of nitrogens with one attached hydrogen (secondary N) is 1. The van der Waals surface area contributed by atoms with Crippen LogP contribution in [-0.4, -0.2) is 45.4 Å². The van der Waals surface area contributed by atoms with Crippen LogP contribution in [0, 0.1) is 6.92 Å². The van der Waals surface area contributed by atoms with Crippen LogP contribution in [0.4, 0.5) is 10.5 Å². The van der Waals surface area contributed by atoms with Gasteiger partial charge in [-0.05, 0) is 70.9 Å². The Balaban J connectivity index is 1.63. The van der Waals surface area contributed by atoms with E-state index in [1.165, 1.54) is 0 Å². The van der Waals surface area contributed by atoms with Gasteiger partial charge in [-0.25, -0.2) is 9.48 Å². The van der Waals surface area contributed by atoms with Gasteiger partial charge in [-0.15, -0.1) is 0 Å². The fourth-order valence-corrected chi connectivity index (χ4v) is 4.60. The number of likely N-dealkylation sites (tertiary alicyclic amines) is 1. The molecule has 1 fully saturated rings. The van der Waals surface area contributed by atoms with Gasteiger partial charge in [0.1, 0.15) is 5.60 Å². The predicted octanol–water partition coefficient (Wildman–Crippen LogP) is 6.85. The molecule has 7 nitrogen and oxygen atoms in total. The van der Waals surface area contributed by atoms with Crippen LogP contribution >= 0.6 is 23.2 Å². The van der Waals surface area contributed by atoms with E-state index in [0.717, 1.165) is 16.9 Å². The monoisotopic (exact) mass is 528 g/mol. The molecule has 36 heavy (non-hydrogen) atoms. The van der Waals surface area contributed by atoms with E-state index in [0.29, 0.717) is 47.2 Å². The van der Waals surface area contributed by atoms with Crippen LogP contribution in [0.1, 0.15) is 61.1 Å². The van der Waals surface area contributed by atoms with Gasteiger partial charge in [-0.3, -0.25) is 4.79 Å². The van der Waals surface area contributed by atoms with Crippen molar-refractivity contribution in [1.29, 1.82) is 0 Å². The van der Waals surface area contributed by atoms with Gasteiger partial charge in [0.25, 0.3) is 5.91 Å². The average Bonchev–Trinajstić information content (AvgIpc) is 3.26. The summed E-state index contributed by atoms with van der Waals surface area (Å²) < 4.78 is 7.36. The van der Waals surface area contributed by atoms with Gasteiger partial charge >= 0.3 is 6.09 Å². The summed E-state index contributed by atoms with van der Waals surface area (Å²) in [5.41, 5.74) is 3.14. The number of anilines is 1. The fourth-order valence-electron chi connectivity index (χ4n) is 4.26. The highest BCUT2D eigenvalue weighted by atomic mass is 35.5. The van der Waals surface area contributed by atoms with E-state index < -0.39 is 5.60 Å². The lowest BCUT2D eigenvalue weighted by molar-refractivity contribution is 0.0203. The molecule has 1 aliphatic rings. The van der Waals surface area contributed by atoms with Crippen molar-refractivity contribution in [1.82, 2.24) is 14.7 Å². The third-order valence-electron chi connectivity index (χ3n) is 6.04. The summed E-state index contributed by atoms with van der Waals surface area (Å²) in [5.74, 6) is -0.301. The SMILES string of the molecule is Cc1ccc(-n2ncc(C(=O)Nc3cc(Cl)ccc3Cl)c2C2CCN(C(=O)OC(C)(C)C)CC2)cc1. The van der Waals surface area contributed by atoms with Crippen molar-refractivity contribution in [2.45, 2.75) is 52.1 Å². The second-order valence-corrected chi connectivity index (χ2v) is 10.9. The molecule has 0 radical (unpaired) electrons. The molecule has 190 valence electrons. The van der Waals surface area contributed by atoms with E-state index in [9.17, 15) is 9.59 Å². The summed E-state index contributed by atoms with van der Waals surface area (Å²) in [4.78, 5) is 27.7. The van der Waals surface area contributed by atoms with Crippen LogP contribution < -0.4 is 5.32 Å². The molecule has 0 atom stereocenters. The third-order valence-corrected chi connectivity index (χ3v) is 6.60. The summed E-state index contributed by atoms with van der Waals surface area (Å²) in [7, 11) is 0. The van der Waals surface area contributed by atoms with Crippen LogP contribution in [0.25, 0.3) is 5.69 Å². The second kappa shape index (κ2) is 10.5. The number of amides is 2. The standard InChI is InChI=1S/C27H30Cl2N4O3/c1-17-5-8-20(9-6-17)33-24(18-11-13-32(14-12-18)26(35)36-27(2,3)4)21(16-30-33)25(34)31-23-15-19(28)7-10-22(23)29/h5-10,15-16,18H,11-14H2,1-4H3,(H,31,34). The molecule has 2 amide bonds. The Morgan fingerprint density at radius 3 is 2.36 bits per heavy atom. The largest absolute Gasteiger partial charge is 0.444 e. The summed E-state index contributed by atoms with van der Waals surface area (Å²) in [6.07, 6.45) is 2.62. The van der Waals surface area contributed by atoms with E-state index in [1.54, 1.807) is 29.3 Å². The molecular weight excluding hydrogens is 499 g/mol. The first kappa shape index (κ1) is 26.0. The summed E-state index contributed by atoms with van der Waals surface area (Å²) >= 11 is 12.4. The summed E-state index contributed by atoms with van der Waals surface area (Å²) in [5, 5.41) is 8.33. The Morgan fingerprint density at radius 1 is 1.06 bits per heavy atom. The number of hydrogen-bond donors (Lipinski definition) is 1. The molecule has 1 N–H and O–H groups in total. The second-order valence-electron chi connectivity index (χ2n) is 10.0. The maximum atomic E-state index is 13.4. The van der Waals surface area contributed by atoms with Gasteiger partial charge in [-0.1, -0.05) is 40.9 Å². The number of benzene rings is 2. The van der Waals surface area contributed by atoms with Crippen LogP contribution in [0.5, 0.6) is 0 Å². The molecule has 9 heteroatoms. The maximum Gasteiger partial charge on any atom is 0.410 e. The minimum Gasteiger partial charge on any atom is -0.444 e. The normalized spacial score (nSPS) is 14.6. The Morgan fingerprint density at radius 2 is 1.72 bits per heavy atom. The fraction of sp³-hybridized carbons (Fsp3) is 0.370. The lowest BCUT2D eigenvalue weighted by Crippen LogP contribution is -2.41. The number of ether oxygens (including phenoxy) is 1. The lowest BCUT2D eigenvalue weighted by atomic mass is 9.90. The zero-order chi connectivity index (χ0) is 26.0. The van der Waals surface area contributed by atoms with Crippen molar-refractivity contribution < 1.29 is 14.3 Å². The Hall–Kier alpha value is -3.03. The van der Waals surface area contributed by atoms with E-state index in [2.05, 4.69) is 10.4 Å². The lowest BCUT2D eigenvalue weighted by Gasteiger charge is -2.34. The molecule has 3 aromatic rings. The van der Waals surface area contributed by atoms with Crippen LogP contribution in [-0.2, 0) is 4.74 Å². The van der Waals surface area contributed by atoms with Gasteiger partial charge < -0.3 is 15.0 Å². The first-order valence-corrected chi connectivity index (χ1v) is 12.7. The van der Waals surface area contributed by atoms with Crippen molar-refractivity contribution in [2.75, 3.05) is 18.4 Å². The molecule has 1 aliphatic heterocycles. The number of aromatic nitrogens is 2. The number of hydrogen-bond acceptors (Lipinski definition) is 4. The zero-order valence-electron chi connectivity index (χ0n) is 20.8. The van der Waals surface area contributed by atoms with Gasteiger partial charge in [0.2, 0.25) is 0 Å². The average molecular weight is 529 g/mol. The highest BCUT2D eigenvalue weighted by molar-refractivity contribution is 6.35. The molecule has 0 saturated carbocycles. The topological polar surface area (TPSA) is 76.5 Å². The Kier molecular flexibility index (Phi) is 7.62. The molecule has 4 rings (SSSR count). The summed E-state index contributed by atoms with van der Waals surface area (Å²) in [6.45, 7) is 8.64. The van der Waals surface area contributed by atoms with Gasteiger partial charge in [0.15, 0.2) is 0 Å². The highest BCUT2D eigenvalue weighted by Gasteiger charge is 2.32. The van der Waals surface area contributed by atoms with Gasteiger partial charge in [0.05, 0.1) is 33.9 Å². The van der Waals surface area contributed by atoms with Crippen LogP contribution in [0.3, 0.4) is 0 Å². The number of halogens is 2. The minimum atomic E-state index is -0.551. The van der Waals surface area contributed by atoms with Crippen molar-refractivity contribution in [3.05, 3.63) is 75.5 Å². The summed E-state index contributed by atoms with van der Waals surface area (Å²) in [6, 6.07) is 12.9. The van der Waals surface area contributed by atoms with Crippen molar-refractivity contribution >= 4 is 40.9 Å². The van der Waals surface area contributed by atoms with Crippen molar-refractivity contribution in [2.24, 2.45) is 0 Å². The number of carbonyl (C=O) groups is 2. The molecule has 0 aliphatic carbocycles. The van der Waals surface area contributed by atoms with E-state index >= 15 is 0 Å². The van der Waals surface area contributed by atoms with E-state index in [4.69, 9.17) is 27.9 Å². The zero-order valence-corrected chi connectivity index (χ0v) is 22.4. The Labute approximate surface area is 221 Å². The van der Waals surface area contributed by atoms with Crippen molar-refractivity contribution in [3.63, 3.8) is 0 Å². The molecule has 0 unspecified atom stereocenters. The first-order chi connectivity index (χ1) is 17.0. The predicted molar refractivity (Wildman–Crippen MR) is 142 cm³/mol. The smallest absolute Gasteiger partial charge is 0.410 e. The number of piperidine rings is 1. The van der Waals surface area contributed by atoms with Gasteiger partial charge in [0, 0.05) is 24.0 Å². The van der Waals surface area contributed by atoms with E-state index in [-0.39, 0.29) is 17.9 Å². The number of carbonyl (C=O) groups excluding carboxylic acids is 2. The number of rotatable bonds is 4. The van der Waals surface area contributed by atoms with Gasteiger partial charge in [-0.2, -0.15) is 5.10 Å². The van der Waals surface area contributed by atoms with Crippen LogP contribution in [0.15, 0.2) is 48.7 Å². The maximum absolute atomic E-state index is 13.4. The molecule has 1 aromatic heterocycles. The molecule has 0 bridgehead atoms. The molecular formula is C27H30Cl2N4O3. The van der Waals surface area contributed by atoms with E-state index in [1.807, 2.05) is 56.6 Å². The van der Waals surface area contributed by atoms with Crippen molar-refractivity contribution in [3.8, 4) is 5.69 Å². The number of aryl methyl sites for hydroxylation is 1. The quantitative estimate of drug-likeness (QED) is 0.401. The van der Waals surface area contributed by atoms with Crippen LogP contribution in [0.2, 0.25) is 10.0 Å². The molecule has 1 saturated heterocycles. The molecule has 2 aromatic carbocycles. The minimum absolute atomic E-state index is 0.0167. The third kappa shape index (κ3) is 6.02. The molecule has 0 spiro atoms. The molecule has 2 heterocycles. The Bertz CT molecular complexity index is 1260. The highest BCUT2D eigenvalue weighted by Crippen LogP contribution is 2.34. The number of nitrogens with zero attached hydrogens (tertiary/aromatic N) is 3.